The molecule has 1 unspecified atom stereocenters. The van der Waals surface area contributed by atoms with E-state index in [2.05, 4.69) is 0 Å². The number of nitrogens with two attached hydrogens (primary N) is 1. The Balaban J connectivity index is 1.91. The predicted octanol–water partition coefficient (Wildman–Crippen LogP) is 3.48. The van der Waals surface area contributed by atoms with Gasteiger partial charge in [0.15, 0.2) is 11.6 Å². The van der Waals surface area contributed by atoms with E-state index in [9.17, 15) is 8.78 Å². The molecule has 0 amide bonds. The summed E-state index contributed by atoms with van der Waals surface area (Å²) in [5.74, 6) is -1.07. The summed E-state index contributed by atoms with van der Waals surface area (Å²) in [5.41, 5.74) is 6.89. The summed E-state index contributed by atoms with van der Waals surface area (Å²) in [6.07, 6.45) is 0.678. The molecule has 0 saturated heterocycles. The van der Waals surface area contributed by atoms with Crippen LogP contribution in [0.3, 0.4) is 0 Å². The molecule has 2 rings (SSSR count). The molecule has 0 spiro atoms. The van der Waals surface area contributed by atoms with Gasteiger partial charge in [-0.25, -0.2) is 8.78 Å². The van der Waals surface area contributed by atoms with Gasteiger partial charge in [-0.2, -0.15) is 0 Å². The molecule has 2 aromatic rings. The van der Waals surface area contributed by atoms with Crippen molar-refractivity contribution in [1.29, 1.82) is 0 Å². The SMILES string of the molecule is NCC(CCOc1ccc(F)cc1F)c1ccccc1. The van der Waals surface area contributed by atoms with Crippen LogP contribution in [-0.2, 0) is 0 Å². The van der Waals surface area contributed by atoms with Gasteiger partial charge in [0.05, 0.1) is 6.61 Å². The molecule has 2 aromatic carbocycles. The zero-order valence-corrected chi connectivity index (χ0v) is 11.1. The Bertz CT molecular complexity index is 545. The molecule has 106 valence electrons. The van der Waals surface area contributed by atoms with Gasteiger partial charge in [0.25, 0.3) is 0 Å². The summed E-state index contributed by atoms with van der Waals surface area (Å²) in [6.45, 7) is 0.832. The number of ether oxygens (including phenoxy) is 1. The lowest BCUT2D eigenvalue weighted by atomic mass is 9.96. The fourth-order valence-corrected chi connectivity index (χ4v) is 2.05. The van der Waals surface area contributed by atoms with Gasteiger partial charge >= 0.3 is 0 Å². The molecular weight excluding hydrogens is 260 g/mol. The van der Waals surface area contributed by atoms with Crippen LogP contribution in [-0.4, -0.2) is 13.2 Å². The number of halogens is 2. The number of benzene rings is 2. The maximum atomic E-state index is 13.4. The van der Waals surface area contributed by atoms with Gasteiger partial charge in [0.1, 0.15) is 5.82 Å². The Morgan fingerprint density at radius 1 is 1.05 bits per heavy atom. The van der Waals surface area contributed by atoms with E-state index in [1.807, 2.05) is 30.3 Å². The van der Waals surface area contributed by atoms with Crippen LogP contribution in [0.2, 0.25) is 0 Å². The van der Waals surface area contributed by atoms with Crippen LogP contribution in [0.5, 0.6) is 5.75 Å². The van der Waals surface area contributed by atoms with Crippen molar-refractivity contribution in [3.8, 4) is 5.75 Å². The molecule has 0 saturated carbocycles. The zero-order valence-electron chi connectivity index (χ0n) is 11.1. The number of rotatable bonds is 6. The molecular formula is C16H17F2NO. The molecule has 0 aliphatic rings. The average molecular weight is 277 g/mol. The van der Waals surface area contributed by atoms with Crippen molar-refractivity contribution in [1.82, 2.24) is 0 Å². The highest BCUT2D eigenvalue weighted by Gasteiger charge is 2.10. The van der Waals surface area contributed by atoms with Gasteiger partial charge in [-0.3, -0.25) is 0 Å². The highest BCUT2D eigenvalue weighted by molar-refractivity contribution is 5.25. The number of hydrogen-bond donors (Lipinski definition) is 1. The largest absolute Gasteiger partial charge is 0.490 e. The first kappa shape index (κ1) is 14.5. The predicted molar refractivity (Wildman–Crippen MR) is 74.7 cm³/mol. The molecule has 4 heteroatoms. The van der Waals surface area contributed by atoms with Crippen LogP contribution in [0.15, 0.2) is 48.5 Å². The van der Waals surface area contributed by atoms with Crippen molar-refractivity contribution in [3.63, 3.8) is 0 Å². The van der Waals surface area contributed by atoms with Crippen molar-refractivity contribution in [3.05, 3.63) is 65.7 Å². The topological polar surface area (TPSA) is 35.2 Å². The molecule has 20 heavy (non-hydrogen) atoms. The Morgan fingerprint density at radius 2 is 1.80 bits per heavy atom. The molecule has 0 fully saturated rings. The molecule has 0 radical (unpaired) electrons. The average Bonchev–Trinajstić information content (AvgIpc) is 2.46. The molecule has 0 heterocycles. The van der Waals surface area contributed by atoms with Crippen molar-refractivity contribution in [2.75, 3.05) is 13.2 Å². The van der Waals surface area contributed by atoms with Crippen LogP contribution in [0.4, 0.5) is 8.78 Å². The summed E-state index contributed by atoms with van der Waals surface area (Å²) in [4.78, 5) is 0. The fraction of sp³-hybridized carbons (Fsp3) is 0.250. The molecule has 0 aliphatic heterocycles. The minimum atomic E-state index is -0.686. The van der Waals surface area contributed by atoms with Crippen molar-refractivity contribution >= 4 is 0 Å². The summed E-state index contributed by atoms with van der Waals surface area (Å²) < 4.78 is 31.5. The van der Waals surface area contributed by atoms with Gasteiger partial charge in [-0.05, 0) is 36.6 Å². The summed E-state index contributed by atoms with van der Waals surface area (Å²) >= 11 is 0. The summed E-state index contributed by atoms with van der Waals surface area (Å²) in [6, 6.07) is 13.2. The van der Waals surface area contributed by atoms with E-state index >= 15 is 0 Å². The lowest BCUT2D eigenvalue weighted by Crippen LogP contribution is -2.15. The zero-order chi connectivity index (χ0) is 14.4. The third-order valence-corrected chi connectivity index (χ3v) is 3.17. The van der Waals surface area contributed by atoms with Crippen LogP contribution in [0.1, 0.15) is 17.9 Å². The quantitative estimate of drug-likeness (QED) is 0.877. The minimum absolute atomic E-state index is 0.0650. The molecule has 0 aliphatic carbocycles. The highest BCUT2D eigenvalue weighted by atomic mass is 19.1. The van der Waals surface area contributed by atoms with Crippen molar-refractivity contribution in [2.24, 2.45) is 5.73 Å². The minimum Gasteiger partial charge on any atom is -0.490 e. The Hall–Kier alpha value is -1.94. The van der Waals surface area contributed by atoms with Gasteiger partial charge in [0.2, 0.25) is 0 Å². The highest BCUT2D eigenvalue weighted by Crippen LogP contribution is 2.21. The molecule has 2 nitrogen and oxygen atoms in total. The second-order valence-electron chi connectivity index (χ2n) is 4.56. The molecule has 1 atom stereocenters. The van der Waals surface area contributed by atoms with Gasteiger partial charge in [-0.15, -0.1) is 0 Å². The Kier molecular flexibility index (Phi) is 5.07. The van der Waals surface area contributed by atoms with Crippen molar-refractivity contribution < 1.29 is 13.5 Å². The standard InChI is InChI=1S/C16H17F2NO/c17-14-6-7-16(15(18)10-14)20-9-8-13(11-19)12-4-2-1-3-5-12/h1-7,10,13H,8-9,11,19H2. The monoisotopic (exact) mass is 277 g/mol. The third-order valence-electron chi connectivity index (χ3n) is 3.17. The fourth-order valence-electron chi connectivity index (χ4n) is 2.05. The molecule has 2 N–H and O–H groups in total. The van der Waals surface area contributed by atoms with Crippen LogP contribution in [0, 0.1) is 11.6 Å². The van der Waals surface area contributed by atoms with E-state index in [4.69, 9.17) is 10.5 Å². The Labute approximate surface area is 117 Å². The second-order valence-corrected chi connectivity index (χ2v) is 4.56. The summed E-state index contributed by atoms with van der Waals surface area (Å²) in [5, 5.41) is 0. The first-order valence-electron chi connectivity index (χ1n) is 6.53. The second kappa shape index (κ2) is 7.01. The first-order chi connectivity index (χ1) is 9.70. The van der Waals surface area contributed by atoms with Gasteiger partial charge in [-0.1, -0.05) is 30.3 Å². The third kappa shape index (κ3) is 3.78. The van der Waals surface area contributed by atoms with E-state index in [0.717, 1.165) is 11.6 Å². The van der Waals surface area contributed by atoms with Gasteiger partial charge in [0, 0.05) is 6.07 Å². The Morgan fingerprint density at radius 3 is 2.45 bits per heavy atom. The maximum Gasteiger partial charge on any atom is 0.167 e. The van der Waals surface area contributed by atoms with E-state index in [1.165, 1.54) is 12.1 Å². The van der Waals surface area contributed by atoms with Crippen LogP contribution >= 0.6 is 0 Å². The van der Waals surface area contributed by atoms with Crippen LogP contribution in [0.25, 0.3) is 0 Å². The smallest absolute Gasteiger partial charge is 0.167 e. The van der Waals surface area contributed by atoms with Crippen LogP contribution < -0.4 is 10.5 Å². The maximum absolute atomic E-state index is 13.4. The van der Waals surface area contributed by atoms with E-state index in [-0.39, 0.29) is 11.7 Å². The van der Waals surface area contributed by atoms with E-state index in [1.54, 1.807) is 0 Å². The van der Waals surface area contributed by atoms with E-state index < -0.39 is 11.6 Å². The molecule has 0 aromatic heterocycles. The van der Waals surface area contributed by atoms with Crippen molar-refractivity contribution in [2.45, 2.75) is 12.3 Å². The summed E-state index contributed by atoms with van der Waals surface area (Å²) in [7, 11) is 0. The lowest BCUT2D eigenvalue weighted by Gasteiger charge is -2.15. The van der Waals surface area contributed by atoms with E-state index in [0.29, 0.717) is 19.6 Å². The number of hydrogen-bond acceptors (Lipinski definition) is 2. The normalized spacial score (nSPS) is 12.2. The first-order valence-corrected chi connectivity index (χ1v) is 6.53. The lowest BCUT2D eigenvalue weighted by molar-refractivity contribution is 0.284. The van der Waals surface area contributed by atoms with Gasteiger partial charge < -0.3 is 10.5 Å². The molecule has 0 bridgehead atoms.